The molecule has 2 aliphatic rings. The average Bonchev–Trinajstić information content (AvgIpc) is 2.86. The van der Waals surface area contributed by atoms with E-state index >= 15 is 0 Å². The second kappa shape index (κ2) is 4.85. The number of hydrogen-bond acceptors (Lipinski definition) is 3. The maximum atomic E-state index is 11.8. The van der Waals surface area contributed by atoms with E-state index in [2.05, 4.69) is 0 Å². The first-order valence-corrected chi connectivity index (χ1v) is 6.18. The van der Waals surface area contributed by atoms with Crippen LogP contribution in [0.1, 0.15) is 39.0 Å². The second-order valence-electron chi connectivity index (χ2n) is 4.64. The van der Waals surface area contributed by atoms with Crippen LogP contribution in [0.2, 0.25) is 0 Å². The molecule has 1 amide bonds. The fourth-order valence-electron chi connectivity index (χ4n) is 2.72. The van der Waals surface area contributed by atoms with Crippen molar-refractivity contribution in [3.63, 3.8) is 0 Å². The lowest BCUT2D eigenvalue weighted by atomic mass is 10.1. The van der Waals surface area contributed by atoms with Crippen molar-refractivity contribution in [1.82, 2.24) is 4.90 Å². The molecule has 0 aromatic heterocycles. The third-order valence-corrected chi connectivity index (χ3v) is 3.54. The molecule has 4 heteroatoms. The zero-order valence-corrected chi connectivity index (χ0v) is 9.78. The molecule has 2 rings (SSSR count). The van der Waals surface area contributed by atoms with Crippen LogP contribution >= 0.6 is 0 Å². The molecule has 1 saturated carbocycles. The Morgan fingerprint density at radius 1 is 1.44 bits per heavy atom. The minimum Gasteiger partial charge on any atom is -0.466 e. The summed E-state index contributed by atoms with van der Waals surface area (Å²) in [5.74, 6) is -0.311. The maximum Gasteiger partial charge on any atom is 0.311 e. The molecule has 16 heavy (non-hydrogen) atoms. The summed E-state index contributed by atoms with van der Waals surface area (Å²) in [4.78, 5) is 25.2. The van der Waals surface area contributed by atoms with Gasteiger partial charge in [0.25, 0.3) is 0 Å². The summed E-state index contributed by atoms with van der Waals surface area (Å²) in [6, 6.07) is 0.381. The van der Waals surface area contributed by atoms with Crippen molar-refractivity contribution in [2.24, 2.45) is 5.92 Å². The van der Waals surface area contributed by atoms with E-state index in [1.165, 1.54) is 12.8 Å². The van der Waals surface area contributed by atoms with E-state index in [1.54, 1.807) is 6.92 Å². The molecular weight excluding hydrogens is 206 g/mol. The van der Waals surface area contributed by atoms with E-state index < -0.39 is 0 Å². The zero-order chi connectivity index (χ0) is 11.5. The van der Waals surface area contributed by atoms with Crippen molar-refractivity contribution in [3.05, 3.63) is 0 Å². The number of carbonyl (C=O) groups excluding carboxylic acids is 2. The van der Waals surface area contributed by atoms with Gasteiger partial charge in [-0.3, -0.25) is 9.59 Å². The van der Waals surface area contributed by atoms with E-state index in [4.69, 9.17) is 4.74 Å². The number of nitrogens with zero attached hydrogens (tertiary/aromatic N) is 1. The Bertz CT molecular complexity index is 284. The number of ether oxygens (including phenoxy) is 1. The molecule has 2 fully saturated rings. The van der Waals surface area contributed by atoms with Crippen molar-refractivity contribution in [2.45, 2.75) is 45.1 Å². The van der Waals surface area contributed by atoms with Gasteiger partial charge in [-0.1, -0.05) is 12.8 Å². The quantitative estimate of drug-likeness (QED) is 0.681. The molecule has 0 spiro atoms. The largest absolute Gasteiger partial charge is 0.466 e. The summed E-state index contributed by atoms with van der Waals surface area (Å²) in [7, 11) is 0. The van der Waals surface area contributed by atoms with Crippen LogP contribution in [-0.4, -0.2) is 36.0 Å². The summed E-state index contributed by atoms with van der Waals surface area (Å²) in [6.45, 7) is 2.76. The van der Waals surface area contributed by atoms with Crippen LogP contribution in [0.3, 0.4) is 0 Å². The molecule has 90 valence electrons. The van der Waals surface area contributed by atoms with E-state index in [-0.39, 0.29) is 17.8 Å². The number of esters is 1. The van der Waals surface area contributed by atoms with Gasteiger partial charge in [0.15, 0.2) is 0 Å². The SMILES string of the molecule is CCOC(=O)[C@@H]1CC(=O)N(C2CCCC2)C1. The first-order chi connectivity index (χ1) is 7.72. The van der Waals surface area contributed by atoms with Crippen LogP contribution in [0.5, 0.6) is 0 Å². The van der Waals surface area contributed by atoms with Gasteiger partial charge in [-0.05, 0) is 19.8 Å². The maximum absolute atomic E-state index is 11.8. The van der Waals surface area contributed by atoms with Crippen LogP contribution in [0.15, 0.2) is 0 Å². The molecule has 0 aromatic rings. The molecule has 4 nitrogen and oxygen atoms in total. The number of likely N-dealkylation sites (tertiary alicyclic amines) is 1. The number of hydrogen-bond donors (Lipinski definition) is 0. The third-order valence-electron chi connectivity index (χ3n) is 3.54. The summed E-state index contributed by atoms with van der Waals surface area (Å²) in [5, 5.41) is 0. The average molecular weight is 225 g/mol. The van der Waals surface area contributed by atoms with Gasteiger partial charge >= 0.3 is 5.97 Å². The normalized spacial score (nSPS) is 26.4. The molecule has 1 saturated heterocycles. The molecular formula is C12H19NO3. The lowest BCUT2D eigenvalue weighted by Gasteiger charge is -2.23. The monoisotopic (exact) mass is 225 g/mol. The van der Waals surface area contributed by atoms with E-state index in [1.807, 2.05) is 4.90 Å². The third kappa shape index (κ3) is 2.20. The minimum absolute atomic E-state index is 0.130. The predicted molar refractivity (Wildman–Crippen MR) is 58.7 cm³/mol. The Kier molecular flexibility index (Phi) is 3.46. The van der Waals surface area contributed by atoms with Crippen LogP contribution in [-0.2, 0) is 14.3 Å². The lowest BCUT2D eigenvalue weighted by molar-refractivity contribution is -0.147. The lowest BCUT2D eigenvalue weighted by Crippen LogP contribution is -2.35. The van der Waals surface area contributed by atoms with Crippen molar-refractivity contribution < 1.29 is 14.3 Å². The molecule has 1 atom stereocenters. The first kappa shape index (κ1) is 11.4. The van der Waals surface area contributed by atoms with E-state index in [9.17, 15) is 9.59 Å². The summed E-state index contributed by atoms with van der Waals surface area (Å²) in [5.41, 5.74) is 0. The first-order valence-electron chi connectivity index (χ1n) is 6.18. The minimum atomic E-state index is -0.229. The molecule has 0 radical (unpaired) electrons. The molecule has 0 aromatic carbocycles. The highest BCUT2D eigenvalue weighted by Gasteiger charge is 2.39. The summed E-state index contributed by atoms with van der Waals surface area (Å²) >= 11 is 0. The number of amides is 1. The highest BCUT2D eigenvalue weighted by molar-refractivity contribution is 5.87. The highest BCUT2D eigenvalue weighted by Crippen LogP contribution is 2.29. The Morgan fingerprint density at radius 3 is 2.75 bits per heavy atom. The fraction of sp³-hybridized carbons (Fsp3) is 0.833. The van der Waals surface area contributed by atoms with Crippen LogP contribution in [0.25, 0.3) is 0 Å². The molecule has 1 aliphatic carbocycles. The van der Waals surface area contributed by atoms with Gasteiger partial charge in [0, 0.05) is 19.0 Å². The molecule has 1 aliphatic heterocycles. The van der Waals surface area contributed by atoms with Gasteiger partial charge in [-0.25, -0.2) is 0 Å². The molecule has 0 N–H and O–H groups in total. The Labute approximate surface area is 95.9 Å². The molecule has 1 heterocycles. The van der Waals surface area contributed by atoms with E-state index in [0.717, 1.165) is 12.8 Å². The zero-order valence-electron chi connectivity index (χ0n) is 9.78. The van der Waals surface area contributed by atoms with Crippen molar-refractivity contribution in [2.75, 3.05) is 13.2 Å². The van der Waals surface area contributed by atoms with Gasteiger partial charge in [-0.15, -0.1) is 0 Å². The van der Waals surface area contributed by atoms with Crippen molar-refractivity contribution >= 4 is 11.9 Å². The summed E-state index contributed by atoms with van der Waals surface area (Å²) in [6.07, 6.45) is 4.95. The van der Waals surface area contributed by atoms with Crippen LogP contribution < -0.4 is 0 Å². The number of carbonyl (C=O) groups is 2. The molecule has 0 bridgehead atoms. The Hall–Kier alpha value is -1.06. The Balaban J connectivity index is 1.93. The van der Waals surface area contributed by atoms with Gasteiger partial charge < -0.3 is 9.64 Å². The topological polar surface area (TPSA) is 46.6 Å². The van der Waals surface area contributed by atoms with Crippen molar-refractivity contribution in [3.8, 4) is 0 Å². The Morgan fingerprint density at radius 2 is 2.12 bits per heavy atom. The van der Waals surface area contributed by atoms with Crippen LogP contribution in [0.4, 0.5) is 0 Å². The van der Waals surface area contributed by atoms with E-state index in [0.29, 0.717) is 25.6 Å². The smallest absolute Gasteiger partial charge is 0.311 e. The summed E-state index contributed by atoms with van der Waals surface area (Å²) < 4.78 is 4.97. The molecule has 0 unspecified atom stereocenters. The van der Waals surface area contributed by atoms with Gasteiger partial charge in [0.1, 0.15) is 0 Å². The predicted octanol–water partition coefficient (Wildman–Crippen LogP) is 1.34. The highest BCUT2D eigenvalue weighted by atomic mass is 16.5. The fourth-order valence-corrected chi connectivity index (χ4v) is 2.72. The standard InChI is InChI=1S/C12H19NO3/c1-2-16-12(15)9-7-11(14)13(8-9)10-5-3-4-6-10/h9-10H,2-8H2,1H3/t9-/m1/s1. The van der Waals surface area contributed by atoms with Gasteiger partial charge in [-0.2, -0.15) is 0 Å². The van der Waals surface area contributed by atoms with Gasteiger partial charge in [0.05, 0.1) is 12.5 Å². The van der Waals surface area contributed by atoms with Crippen LogP contribution in [0, 0.1) is 5.92 Å². The van der Waals surface area contributed by atoms with Gasteiger partial charge in [0.2, 0.25) is 5.91 Å². The van der Waals surface area contributed by atoms with Crippen molar-refractivity contribution in [1.29, 1.82) is 0 Å². The number of rotatable bonds is 3. The second-order valence-corrected chi connectivity index (χ2v) is 4.64.